The number of aliphatic carboxylic acids is 1. The molecule has 0 aliphatic carbocycles. The van der Waals surface area contributed by atoms with Crippen molar-refractivity contribution in [3.05, 3.63) is 33.8 Å². The Kier molecular flexibility index (Phi) is 4.39. The predicted molar refractivity (Wildman–Crippen MR) is 57.4 cm³/mol. The summed E-state index contributed by atoms with van der Waals surface area (Å²) >= 11 is 11.6. The molecule has 1 N–H and O–H groups in total. The van der Waals surface area contributed by atoms with Gasteiger partial charge in [0.05, 0.1) is 0 Å². The summed E-state index contributed by atoms with van der Waals surface area (Å²) in [6.45, 7) is 0.0726. The van der Waals surface area contributed by atoms with E-state index in [1.807, 2.05) is 0 Å². The molecule has 0 bridgehead atoms. The molecule has 1 aromatic carbocycles. The van der Waals surface area contributed by atoms with E-state index in [1.165, 1.54) is 0 Å². The first kappa shape index (κ1) is 11.8. The van der Waals surface area contributed by atoms with E-state index < -0.39 is 5.97 Å². The fourth-order valence-corrected chi connectivity index (χ4v) is 1.21. The molecule has 0 aromatic heterocycles. The number of hydrogen-bond donors (Lipinski definition) is 1. The van der Waals surface area contributed by atoms with E-state index in [-0.39, 0.29) is 6.61 Å². The van der Waals surface area contributed by atoms with Crippen LogP contribution in [0.25, 0.3) is 0 Å². The highest BCUT2D eigenvalue weighted by molar-refractivity contribution is 6.33. The minimum Gasteiger partial charge on any atom is -0.477 e. The van der Waals surface area contributed by atoms with Crippen molar-refractivity contribution in [3.63, 3.8) is 0 Å². The fraction of sp³-hybridized carbons (Fsp3) is 0.111. The monoisotopic (exact) mass is 247 g/mol. The summed E-state index contributed by atoms with van der Waals surface area (Å²) in [5.74, 6) is -1.17. The molecule has 0 amide bonds. The maximum Gasteiger partial charge on any atom is 0.350 e. The van der Waals surface area contributed by atoms with E-state index in [9.17, 15) is 4.79 Å². The van der Waals surface area contributed by atoms with Gasteiger partial charge in [0.2, 0.25) is 0 Å². The number of nitrogens with zero attached hydrogens (tertiary/aromatic N) is 1. The maximum absolute atomic E-state index is 10.1. The fourth-order valence-electron chi connectivity index (χ4n) is 0.843. The zero-order chi connectivity index (χ0) is 11.3. The number of benzene rings is 1. The Morgan fingerprint density at radius 1 is 1.53 bits per heavy atom. The summed E-state index contributed by atoms with van der Waals surface area (Å²) in [4.78, 5) is 14.8. The van der Waals surface area contributed by atoms with Crippen molar-refractivity contribution >= 4 is 35.4 Å². The Labute approximate surface area is 96.1 Å². The molecule has 1 rings (SSSR count). The number of halogens is 2. The zero-order valence-corrected chi connectivity index (χ0v) is 9.00. The van der Waals surface area contributed by atoms with Crippen LogP contribution in [-0.2, 0) is 16.2 Å². The highest BCUT2D eigenvalue weighted by atomic mass is 35.5. The van der Waals surface area contributed by atoms with Crippen LogP contribution in [0.4, 0.5) is 0 Å². The minimum atomic E-state index is -1.17. The normalized spacial score (nSPS) is 10.5. The molecule has 80 valence electrons. The van der Waals surface area contributed by atoms with Gasteiger partial charge in [-0.15, -0.1) is 0 Å². The summed E-state index contributed by atoms with van der Waals surface area (Å²) in [7, 11) is 0. The number of rotatable bonds is 4. The van der Waals surface area contributed by atoms with Crippen LogP contribution in [0.15, 0.2) is 23.4 Å². The molecule has 4 nitrogen and oxygen atoms in total. The summed E-state index contributed by atoms with van der Waals surface area (Å²) in [5, 5.41) is 12.5. The molecule has 1 aromatic rings. The van der Waals surface area contributed by atoms with Gasteiger partial charge >= 0.3 is 5.97 Å². The van der Waals surface area contributed by atoms with Gasteiger partial charge < -0.3 is 9.94 Å². The van der Waals surface area contributed by atoms with Crippen LogP contribution in [-0.4, -0.2) is 17.3 Å². The Morgan fingerprint density at radius 2 is 2.27 bits per heavy atom. The van der Waals surface area contributed by atoms with E-state index in [2.05, 4.69) is 5.16 Å². The van der Waals surface area contributed by atoms with Gasteiger partial charge in [-0.1, -0.05) is 28.4 Å². The molecule has 0 fully saturated rings. The van der Waals surface area contributed by atoms with Crippen molar-refractivity contribution in [2.24, 2.45) is 5.16 Å². The minimum absolute atomic E-state index is 0.0726. The van der Waals surface area contributed by atoms with Crippen molar-refractivity contribution in [1.29, 1.82) is 0 Å². The Morgan fingerprint density at radius 3 is 2.93 bits per heavy atom. The third-order valence-electron chi connectivity index (χ3n) is 1.47. The Hall–Kier alpha value is -1.26. The van der Waals surface area contributed by atoms with Crippen molar-refractivity contribution in [3.8, 4) is 0 Å². The highest BCUT2D eigenvalue weighted by Crippen LogP contribution is 2.21. The van der Waals surface area contributed by atoms with Crippen LogP contribution >= 0.6 is 23.2 Å². The molecule has 15 heavy (non-hydrogen) atoms. The number of oxime groups is 1. The van der Waals surface area contributed by atoms with E-state index in [1.54, 1.807) is 18.2 Å². The average molecular weight is 248 g/mol. The molecule has 0 saturated heterocycles. The quantitative estimate of drug-likeness (QED) is 0.658. The van der Waals surface area contributed by atoms with E-state index in [0.717, 1.165) is 0 Å². The standard InChI is InChI=1S/C9H7Cl2NO3/c10-7-1-2-8(11)6(3-7)5-15-12-4-9(13)14/h1-4H,5H2,(H,13,14). The van der Waals surface area contributed by atoms with Crippen LogP contribution in [0.1, 0.15) is 5.56 Å². The smallest absolute Gasteiger partial charge is 0.350 e. The summed E-state index contributed by atoms with van der Waals surface area (Å²) in [6.07, 6.45) is 0.651. The van der Waals surface area contributed by atoms with Crippen LogP contribution in [0.3, 0.4) is 0 Å². The van der Waals surface area contributed by atoms with Crippen LogP contribution < -0.4 is 0 Å². The molecule has 0 aliphatic heterocycles. The SMILES string of the molecule is O=C(O)C=NOCc1cc(Cl)ccc1Cl. The lowest BCUT2D eigenvalue weighted by molar-refractivity contribution is -0.129. The predicted octanol–water partition coefficient (Wildman–Crippen LogP) is 2.58. The number of carboxylic acid groups (broad SMARTS) is 1. The van der Waals surface area contributed by atoms with Crippen molar-refractivity contribution in [2.45, 2.75) is 6.61 Å². The van der Waals surface area contributed by atoms with Gasteiger partial charge in [0.1, 0.15) is 6.61 Å². The molecule has 6 heteroatoms. The molecular formula is C9H7Cl2NO3. The first-order valence-corrected chi connectivity index (χ1v) is 4.67. The second-order valence-corrected chi connectivity index (χ2v) is 3.43. The summed E-state index contributed by atoms with van der Waals surface area (Å²) in [5.41, 5.74) is 0.645. The van der Waals surface area contributed by atoms with Gasteiger partial charge in [0.25, 0.3) is 0 Å². The Bertz CT molecular complexity index is 393. The lowest BCUT2D eigenvalue weighted by Gasteiger charge is -2.02. The molecule has 0 radical (unpaired) electrons. The van der Waals surface area contributed by atoms with Crippen LogP contribution in [0, 0.1) is 0 Å². The van der Waals surface area contributed by atoms with E-state index >= 15 is 0 Å². The first-order valence-electron chi connectivity index (χ1n) is 3.92. The van der Waals surface area contributed by atoms with Crippen LogP contribution in [0.5, 0.6) is 0 Å². The van der Waals surface area contributed by atoms with Crippen molar-refractivity contribution in [1.82, 2.24) is 0 Å². The molecule has 0 spiro atoms. The molecular weight excluding hydrogens is 241 g/mol. The third kappa shape index (κ3) is 4.18. The molecule has 0 heterocycles. The third-order valence-corrected chi connectivity index (χ3v) is 2.07. The lowest BCUT2D eigenvalue weighted by Crippen LogP contribution is -1.96. The number of carbonyl (C=O) groups is 1. The van der Waals surface area contributed by atoms with Crippen molar-refractivity contribution < 1.29 is 14.7 Å². The second kappa shape index (κ2) is 5.58. The average Bonchev–Trinajstić information content (AvgIpc) is 2.17. The maximum atomic E-state index is 10.1. The van der Waals surface area contributed by atoms with Crippen LogP contribution in [0.2, 0.25) is 10.0 Å². The van der Waals surface area contributed by atoms with Gasteiger partial charge in [-0.2, -0.15) is 0 Å². The summed E-state index contributed by atoms with van der Waals surface area (Å²) < 4.78 is 0. The van der Waals surface area contributed by atoms with Gasteiger partial charge in [-0.3, -0.25) is 0 Å². The second-order valence-electron chi connectivity index (χ2n) is 2.58. The Balaban J connectivity index is 2.57. The number of carboxylic acids is 1. The lowest BCUT2D eigenvalue weighted by atomic mass is 10.2. The van der Waals surface area contributed by atoms with Gasteiger partial charge in [-0.05, 0) is 18.2 Å². The highest BCUT2D eigenvalue weighted by Gasteiger charge is 2.01. The van der Waals surface area contributed by atoms with Gasteiger partial charge in [0.15, 0.2) is 6.21 Å². The zero-order valence-electron chi connectivity index (χ0n) is 7.48. The molecule has 0 saturated carbocycles. The largest absolute Gasteiger partial charge is 0.477 e. The summed E-state index contributed by atoms with van der Waals surface area (Å²) in [6, 6.07) is 4.90. The van der Waals surface area contributed by atoms with E-state index in [4.69, 9.17) is 33.1 Å². The van der Waals surface area contributed by atoms with Gasteiger partial charge in [-0.25, -0.2) is 4.79 Å². The first-order chi connectivity index (χ1) is 7.09. The van der Waals surface area contributed by atoms with Gasteiger partial charge in [0, 0.05) is 15.6 Å². The van der Waals surface area contributed by atoms with Crippen molar-refractivity contribution in [2.75, 3.05) is 0 Å². The molecule has 0 aliphatic rings. The topological polar surface area (TPSA) is 58.9 Å². The molecule has 0 atom stereocenters. The van der Waals surface area contributed by atoms with E-state index in [0.29, 0.717) is 21.8 Å². The number of hydrogen-bond acceptors (Lipinski definition) is 3. The molecule has 0 unspecified atom stereocenters.